The summed E-state index contributed by atoms with van der Waals surface area (Å²) in [6.45, 7) is 16.6. The van der Waals surface area contributed by atoms with Crippen molar-refractivity contribution in [1.29, 1.82) is 0 Å². The summed E-state index contributed by atoms with van der Waals surface area (Å²) in [4.78, 5) is 11.7. The lowest BCUT2D eigenvalue weighted by Crippen LogP contribution is -2.47. The molecule has 0 amide bonds. The number of hydrogen-bond acceptors (Lipinski definition) is 4. The van der Waals surface area contributed by atoms with Gasteiger partial charge in [0.25, 0.3) is 0 Å². The predicted octanol–water partition coefficient (Wildman–Crippen LogP) is 2.88. The SMILES string of the molecule is CN=C(NCCc1nc(C(C)(C)C)cs1)NC1CN(C(C)C)CC1C. The Labute approximate surface area is 157 Å². The highest BCUT2D eigenvalue weighted by Gasteiger charge is 2.31. The molecule has 0 bridgehead atoms. The van der Waals surface area contributed by atoms with Crippen LogP contribution in [0.2, 0.25) is 0 Å². The Balaban J connectivity index is 1.80. The third-order valence-corrected chi connectivity index (χ3v) is 5.78. The molecule has 1 aromatic heterocycles. The van der Waals surface area contributed by atoms with Crippen LogP contribution >= 0.6 is 11.3 Å². The molecule has 1 aromatic rings. The zero-order chi connectivity index (χ0) is 18.6. The number of rotatable bonds is 5. The van der Waals surface area contributed by atoms with E-state index in [1.807, 2.05) is 7.05 Å². The number of nitrogens with zero attached hydrogens (tertiary/aromatic N) is 3. The molecule has 2 unspecified atom stereocenters. The summed E-state index contributed by atoms with van der Waals surface area (Å²) in [6.07, 6.45) is 0.930. The third kappa shape index (κ3) is 5.68. The van der Waals surface area contributed by atoms with E-state index in [1.165, 1.54) is 10.7 Å². The maximum absolute atomic E-state index is 4.76. The molecule has 142 valence electrons. The molecule has 1 aliphatic heterocycles. The molecule has 1 aliphatic rings. The van der Waals surface area contributed by atoms with E-state index in [0.717, 1.165) is 32.0 Å². The molecular weight excluding hydrogens is 330 g/mol. The smallest absolute Gasteiger partial charge is 0.191 e. The quantitative estimate of drug-likeness (QED) is 0.622. The van der Waals surface area contributed by atoms with Crippen LogP contribution in [0.15, 0.2) is 10.4 Å². The van der Waals surface area contributed by atoms with Gasteiger partial charge in [-0.05, 0) is 19.8 Å². The van der Waals surface area contributed by atoms with E-state index in [1.54, 1.807) is 11.3 Å². The normalized spacial score (nSPS) is 22.6. The van der Waals surface area contributed by atoms with Gasteiger partial charge in [0, 0.05) is 56.0 Å². The molecule has 6 heteroatoms. The highest BCUT2D eigenvalue weighted by Crippen LogP contribution is 2.24. The molecule has 2 N–H and O–H groups in total. The molecular formula is C19H35N5S. The predicted molar refractivity (Wildman–Crippen MR) is 109 cm³/mol. The minimum absolute atomic E-state index is 0.126. The minimum atomic E-state index is 0.126. The monoisotopic (exact) mass is 365 g/mol. The Hall–Kier alpha value is -1.14. The molecule has 0 aliphatic carbocycles. The van der Waals surface area contributed by atoms with E-state index < -0.39 is 0 Å². The first-order chi connectivity index (χ1) is 11.7. The first-order valence-corrected chi connectivity index (χ1v) is 10.2. The second-order valence-corrected chi connectivity index (χ2v) is 9.34. The fourth-order valence-electron chi connectivity index (χ4n) is 3.04. The van der Waals surface area contributed by atoms with Gasteiger partial charge in [-0.1, -0.05) is 27.7 Å². The molecule has 2 heterocycles. The molecule has 0 saturated carbocycles. The van der Waals surface area contributed by atoms with Crippen LogP contribution in [-0.2, 0) is 11.8 Å². The summed E-state index contributed by atoms with van der Waals surface area (Å²) in [5.74, 6) is 1.53. The zero-order valence-corrected chi connectivity index (χ0v) is 17.7. The number of hydrogen-bond donors (Lipinski definition) is 2. The fraction of sp³-hybridized carbons (Fsp3) is 0.789. The number of aliphatic imine (C=N–C) groups is 1. The van der Waals surface area contributed by atoms with Crippen molar-refractivity contribution < 1.29 is 0 Å². The summed E-state index contributed by atoms with van der Waals surface area (Å²) in [5.41, 5.74) is 1.31. The van der Waals surface area contributed by atoms with Gasteiger partial charge in [-0.25, -0.2) is 4.98 Å². The van der Waals surface area contributed by atoms with Gasteiger partial charge in [0.2, 0.25) is 0 Å². The molecule has 1 fully saturated rings. The minimum Gasteiger partial charge on any atom is -0.356 e. The lowest BCUT2D eigenvalue weighted by atomic mass is 9.93. The Kier molecular flexibility index (Phi) is 6.86. The van der Waals surface area contributed by atoms with E-state index in [4.69, 9.17) is 4.98 Å². The lowest BCUT2D eigenvalue weighted by molar-refractivity contribution is 0.265. The average Bonchev–Trinajstić information content (AvgIpc) is 3.13. The number of likely N-dealkylation sites (tertiary alicyclic amines) is 1. The number of thiazole rings is 1. The highest BCUT2D eigenvalue weighted by molar-refractivity contribution is 7.09. The van der Waals surface area contributed by atoms with Crippen molar-refractivity contribution >= 4 is 17.3 Å². The summed E-state index contributed by atoms with van der Waals surface area (Å²) in [6, 6.07) is 1.06. The Bertz CT molecular complexity index is 573. The highest BCUT2D eigenvalue weighted by atomic mass is 32.1. The van der Waals surface area contributed by atoms with Gasteiger partial charge in [0.1, 0.15) is 0 Å². The van der Waals surface area contributed by atoms with Gasteiger partial charge in [0.05, 0.1) is 10.7 Å². The van der Waals surface area contributed by atoms with Gasteiger partial charge >= 0.3 is 0 Å². The summed E-state index contributed by atoms with van der Waals surface area (Å²) >= 11 is 1.75. The second-order valence-electron chi connectivity index (χ2n) is 8.40. The van der Waals surface area contributed by atoms with Gasteiger partial charge in [0.15, 0.2) is 5.96 Å². The van der Waals surface area contributed by atoms with E-state index in [2.05, 4.69) is 67.4 Å². The van der Waals surface area contributed by atoms with E-state index in [0.29, 0.717) is 18.0 Å². The third-order valence-electron chi connectivity index (χ3n) is 4.87. The van der Waals surface area contributed by atoms with Crippen molar-refractivity contribution in [2.45, 2.75) is 65.5 Å². The largest absolute Gasteiger partial charge is 0.356 e. The first kappa shape index (κ1) is 20.2. The van der Waals surface area contributed by atoms with Crippen molar-refractivity contribution in [1.82, 2.24) is 20.5 Å². The zero-order valence-electron chi connectivity index (χ0n) is 16.9. The van der Waals surface area contributed by atoms with Gasteiger partial charge in [-0.2, -0.15) is 0 Å². The Morgan fingerprint density at radius 2 is 2.12 bits per heavy atom. The van der Waals surface area contributed by atoms with E-state index >= 15 is 0 Å². The first-order valence-electron chi connectivity index (χ1n) is 9.36. The molecule has 25 heavy (non-hydrogen) atoms. The second kappa shape index (κ2) is 8.49. The average molecular weight is 366 g/mol. The summed E-state index contributed by atoms with van der Waals surface area (Å²) in [7, 11) is 1.84. The fourth-order valence-corrected chi connectivity index (χ4v) is 4.07. The van der Waals surface area contributed by atoms with Crippen LogP contribution in [-0.4, -0.2) is 54.6 Å². The van der Waals surface area contributed by atoms with Crippen LogP contribution in [0, 0.1) is 5.92 Å². The number of guanidine groups is 1. The molecule has 0 radical (unpaired) electrons. The Morgan fingerprint density at radius 3 is 2.64 bits per heavy atom. The summed E-state index contributed by atoms with van der Waals surface area (Å²) < 4.78 is 0. The maximum Gasteiger partial charge on any atom is 0.191 e. The van der Waals surface area contributed by atoms with Crippen LogP contribution in [0.1, 0.15) is 52.2 Å². The standard InChI is InChI=1S/C19H35N5S/c1-13(2)24-10-14(3)15(11-24)22-18(20-7)21-9-8-17-23-16(12-25-17)19(4,5)6/h12-15H,8-11H2,1-7H3,(H2,20,21,22). The Morgan fingerprint density at radius 1 is 1.40 bits per heavy atom. The molecule has 2 rings (SSSR count). The topological polar surface area (TPSA) is 52.6 Å². The van der Waals surface area contributed by atoms with Crippen LogP contribution in [0.4, 0.5) is 0 Å². The van der Waals surface area contributed by atoms with Crippen molar-refractivity contribution in [2.24, 2.45) is 10.9 Å². The van der Waals surface area contributed by atoms with Crippen LogP contribution < -0.4 is 10.6 Å². The van der Waals surface area contributed by atoms with Gasteiger partial charge in [-0.3, -0.25) is 9.89 Å². The molecule has 1 saturated heterocycles. The lowest BCUT2D eigenvalue weighted by Gasteiger charge is -2.21. The molecule has 0 aromatic carbocycles. The van der Waals surface area contributed by atoms with E-state index in [-0.39, 0.29) is 5.41 Å². The van der Waals surface area contributed by atoms with Crippen LogP contribution in [0.25, 0.3) is 0 Å². The van der Waals surface area contributed by atoms with Crippen molar-refractivity contribution in [3.05, 3.63) is 16.1 Å². The van der Waals surface area contributed by atoms with Gasteiger partial charge < -0.3 is 10.6 Å². The van der Waals surface area contributed by atoms with Crippen molar-refractivity contribution in [3.8, 4) is 0 Å². The van der Waals surface area contributed by atoms with Crippen molar-refractivity contribution in [3.63, 3.8) is 0 Å². The van der Waals surface area contributed by atoms with E-state index in [9.17, 15) is 0 Å². The molecule has 0 spiro atoms. The molecule has 5 nitrogen and oxygen atoms in total. The van der Waals surface area contributed by atoms with Gasteiger partial charge in [-0.15, -0.1) is 11.3 Å². The summed E-state index contributed by atoms with van der Waals surface area (Å²) in [5, 5.41) is 10.4. The molecule has 2 atom stereocenters. The van der Waals surface area contributed by atoms with Crippen LogP contribution in [0.3, 0.4) is 0 Å². The maximum atomic E-state index is 4.76. The van der Waals surface area contributed by atoms with Crippen molar-refractivity contribution in [2.75, 3.05) is 26.7 Å². The number of nitrogens with one attached hydrogen (secondary N) is 2. The number of aromatic nitrogens is 1. The van der Waals surface area contributed by atoms with Crippen LogP contribution in [0.5, 0.6) is 0 Å².